The number of carbonyl (C=O) groups is 1. The van der Waals surface area contributed by atoms with Gasteiger partial charge in [-0.2, -0.15) is 9.78 Å². The van der Waals surface area contributed by atoms with E-state index in [2.05, 4.69) is 18.9 Å². The normalized spacial score (nSPS) is 11.7. The molecule has 0 aliphatic heterocycles. The zero-order valence-corrected chi connectivity index (χ0v) is 18.8. The van der Waals surface area contributed by atoms with Crippen LogP contribution in [0, 0.1) is 0 Å². The number of aromatic nitrogens is 3. The summed E-state index contributed by atoms with van der Waals surface area (Å²) in [6.45, 7) is 4.27. The molecule has 0 aliphatic rings. The van der Waals surface area contributed by atoms with E-state index in [0.717, 1.165) is 27.5 Å². The van der Waals surface area contributed by atoms with E-state index in [1.807, 2.05) is 59.2 Å². The predicted octanol–water partition coefficient (Wildman–Crippen LogP) is 7.23. The molecule has 0 saturated heterocycles. The minimum atomic E-state index is -2.55. The molecule has 0 spiro atoms. The summed E-state index contributed by atoms with van der Waals surface area (Å²) in [7, 11) is 0. The van der Waals surface area contributed by atoms with Gasteiger partial charge in [-0.1, -0.05) is 56.3 Å². The van der Waals surface area contributed by atoms with E-state index in [4.69, 9.17) is 4.74 Å². The van der Waals surface area contributed by atoms with Crippen LogP contribution in [0.3, 0.4) is 0 Å². The summed E-state index contributed by atoms with van der Waals surface area (Å²) in [5, 5.41) is 5.88. The second kappa shape index (κ2) is 8.74. The average molecular weight is 459 g/mol. The third-order valence-electron chi connectivity index (χ3n) is 5.87. The lowest BCUT2D eigenvalue weighted by Crippen LogP contribution is -2.14. The molecule has 3 aromatic carbocycles. The van der Waals surface area contributed by atoms with Crippen molar-refractivity contribution in [1.29, 1.82) is 0 Å². The minimum Gasteiger partial charge on any atom is -0.443 e. The van der Waals surface area contributed by atoms with Gasteiger partial charge < -0.3 is 9.30 Å². The Balaban J connectivity index is 1.57. The van der Waals surface area contributed by atoms with Crippen molar-refractivity contribution in [2.24, 2.45) is 0 Å². The molecule has 34 heavy (non-hydrogen) atoms. The maximum atomic E-state index is 13.4. The monoisotopic (exact) mass is 459 g/mol. The third kappa shape index (κ3) is 3.94. The number of nitrogens with zero attached hydrogens (tertiary/aromatic N) is 3. The van der Waals surface area contributed by atoms with Gasteiger partial charge in [0.15, 0.2) is 0 Å². The third-order valence-corrected chi connectivity index (χ3v) is 5.87. The molecular formula is C27H23F2N3O2. The number of fused-ring (bicyclic) bond motifs is 2. The summed E-state index contributed by atoms with van der Waals surface area (Å²) < 4.78 is 35.4. The zero-order valence-electron chi connectivity index (χ0n) is 18.8. The molecule has 5 rings (SSSR count). The van der Waals surface area contributed by atoms with Crippen LogP contribution in [0.25, 0.3) is 27.5 Å². The topological polar surface area (TPSA) is 49.1 Å². The zero-order chi connectivity index (χ0) is 23.8. The molecule has 0 unspecified atom stereocenters. The van der Waals surface area contributed by atoms with Crippen LogP contribution in [0.5, 0.6) is 0 Å². The van der Waals surface area contributed by atoms with Crippen LogP contribution in [-0.2, 0) is 11.3 Å². The summed E-state index contributed by atoms with van der Waals surface area (Å²) >= 11 is 0. The van der Waals surface area contributed by atoms with Gasteiger partial charge in [-0.3, -0.25) is 0 Å². The maximum Gasteiger partial charge on any atom is 0.435 e. The Morgan fingerprint density at radius 3 is 2.44 bits per heavy atom. The van der Waals surface area contributed by atoms with Crippen molar-refractivity contribution in [1.82, 2.24) is 14.3 Å². The van der Waals surface area contributed by atoms with Crippen molar-refractivity contribution in [2.45, 2.75) is 32.8 Å². The van der Waals surface area contributed by atoms with Crippen LogP contribution >= 0.6 is 0 Å². The fourth-order valence-electron chi connectivity index (χ4n) is 4.19. The van der Waals surface area contributed by atoms with Gasteiger partial charge in [0.05, 0.1) is 17.2 Å². The van der Waals surface area contributed by atoms with E-state index in [0.29, 0.717) is 11.2 Å². The largest absolute Gasteiger partial charge is 0.443 e. The summed E-state index contributed by atoms with van der Waals surface area (Å²) in [5.74, 6) is 0.151. The van der Waals surface area contributed by atoms with Gasteiger partial charge >= 0.3 is 6.09 Å². The van der Waals surface area contributed by atoms with Crippen LogP contribution in [0.2, 0.25) is 0 Å². The van der Waals surface area contributed by atoms with Crippen LogP contribution < -0.4 is 0 Å². The smallest absolute Gasteiger partial charge is 0.435 e. The molecule has 0 amide bonds. The van der Waals surface area contributed by atoms with E-state index < -0.39 is 12.5 Å². The SMILES string of the molecule is CC(C)c1cc2cc3c(cnn3C(=O)OCc3ccccc3)cc2n1-c1cccc(C(F)F)c1. The highest BCUT2D eigenvalue weighted by molar-refractivity contribution is 5.99. The van der Waals surface area contributed by atoms with E-state index in [-0.39, 0.29) is 18.1 Å². The number of alkyl halides is 2. The first-order valence-corrected chi connectivity index (χ1v) is 11.0. The van der Waals surface area contributed by atoms with Gasteiger partial charge in [0.1, 0.15) is 6.61 Å². The van der Waals surface area contributed by atoms with E-state index in [1.165, 1.54) is 16.8 Å². The lowest BCUT2D eigenvalue weighted by Gasteiger charge is -2.14. The first-order chi connectivity index (χ1) is 16.4. The number of hydrogen-bond donors (Lipinski definition) is 0. The van der Waals surface area contributed by atoms with Crippen LogP contribution in [0.15, 0.2) is 79.0 Å². The van der Waals surface area contributed by atoms with E-state index in [9.17, 15) is 13.6 Å². The molecule has 5 aromatic rings. The second-order valence-electron chi connectivity index (χ2n) is 8.52. The van der Waals surface area contributed by atoms with Crippen molar-refractivity contribution in [2.75, 3.05) is 0 Å². The molecule has 0 N–H and O–H groups in total. The Morgan fingerprint density at radius 1 is 0.941 bits per heavy atom. The highest BCUT2D eigenvalue weighted by atomic mass is 19.3. The molecular weight excluding hydrogens is 436 g/mol. The predicted molar refractivity (Wildman–Crippen MR) is 128 cm³/mol. The highest BCUT2D eigenvalue weighted by Gasteiger charge is 2.19. The Morgan fingerprint density at radius 2 is 1.71 bits per heavy atom. The van der Waals surface area contributed by atoms with E-state index in [1.54, 1.807) is 12.3 Å². The summed E-state index contributed by atoms with van der Waals surface area (Å²) in [6.07, 6.45) is -1.50. The Labute approximate surface area is 195 Å². The molecule has 172 valence electrons. The summed E-state index contributed by atoms with van der Waals surface area (Å²) in [6, 6.07) is 21.7. The number of carbonyl (C=O) groups excluding carboxylic acids is 1. The molecule has 0 atom stereocenters. The van der Waals surface area contributed by atoms with Crippen molar-refractivity contribution in [3.8, 4) is 5.69 Å². The molecule has 0 fully saturated rings. The number of halogens is 2. The van der Waals surface area contributed by atoms with Crippen LogP contribution in [0.1, 0.15) is 43.0 Å². The van der Waals surface area contributed by atoms with Gasteiger partial charge in [-0.05, 0) is 41.8 Å². The standard InChI is InChI=1S/C27H23F2N3O2/c1-17(2)23-12-20-13-25-21(14-24(20)31(23)22-10-6-9-19(11-22)26(28)29)15-30-32(25)27(33)34-16-18-7-4-3-5-8-18/h3-15,17,26H,16H2,1-2H3. The highest BCUT2D eigenvalue weighted by Crippen LogP contribution is 2.33. The van der Waals surface area contributed by atoms with Gasteiger partial charge in [0.25, 0.3) is 6.43 Å². The first-order valence-electron chi connectivity index (χ1n) is 11.0. The van der Waals surface area contributed by atoms with Gasteiger partial charge in [-0.25, -0.2) is 13.6 Å². The van der Waals surface area contributed by atoms with Crippen LogP contribution in [-0.4, -0.2) is 20.4 Å². The molecule has 0 aliphatic carbocycles. The van der Waals surface area contributed by atoms with Crippen molar-refractivity contribution in [3.05, 3.63) is 95.8 Å². The first kappa shape index (κ1) is 21.8. The maximum absolute atomic E-state index is 13.4. The molecule has 2 heterocycles. The van der Waals surface area contributed by atoms with Gasteiger partial charge in [-0.15, -0.1) is 0 Å². The molecule has 0 saturated carbocycles. The molecule has 0 bridgehead atoms. The number of hydrogen-bond acceptors (Lipinski definition) is 3. The molecule has 2 aromatic heterocycles. The lowest BCUT2D eigenvalue weighted by atomic mass is 10.1. The quantitative estimate of drug-likeness (QED) is 0.279. The van der Waals surface area contributed by atoms with Crippen LogP contribution in [0.4, 0.5) is 13.6 Å². The van der Waals surface area contributed by atoms with E-state index >= 15 is 0 Å². The van der Waals surface area contributed by atoms with Crippen molar-refractivity contribution >= 4 is 27.9 Å². The molecule has 7 heteroatoms. The summed E-state index contributed by atoms with van der Waals surface area (Å²) in [4.78, 5) is 12.7. The van der Waals surface area contributed by atoms with Gasteiger partial charge in [0, 0.05) is 27.7 Å². The minimum absolute atomic E-state index is 0.0240. The summed E-state index contributed by atoms with van der Waals surface area (Å²) in [5.41, 5.74) is 4.01. The number of rotatable bonds is 5. The lowest BCUT2D eigenvalue weighted by molar-refractivity contribution is 0.139. The fourth-order valence-corrected chi connectivity index (χ4v) is 4.19. The molecule has 5 nitrogen and oxygen atoms in total. The Kier molecular flexibility index (Phi) is 5.61. The Hall–Kier alpha value is -4.00. The van der Waals surface area contributed by atoms with Gasteiger partial charge in [0.2, 0.25) is 0 Å². The van der Waals surface area contributed by atoms with Crippen molar-refractivity contribution in [3.63, 3.8) is 0 Å². The number of ether oxygens (including phenoxy) is 1. The Bertz CT molecular complexity index is 1490. The molecule has 0 radical (unpaired) electrons. The average Bonchev–Trinajstić information content (AvgIpc) is 3.43. The fraction of sp³-hybridized carbons (Fsp3) is 0.185. The number of benzene rings is 3. The second-order valence-corrected chi connectivity index (χ2v) is 8.52. The van der Waals surface area contributed by atoms with Crippen molar-refractivity contribution < 1.29 is 18.3 Å².